The molecule has 0 fully saturated rings. The standard InChI is InChI=1S/C19H19FN4O4S/c1-12-3-6-16(20)17(9-12)24-18(10-14(23-24)7-8-21-19(25)26)29(27,28)15-5-4-13(2)22-11-15/h3-6,9-11,21H,7-8H2,1-2H3,(H,25,26). The van der Waals surface area contributed by atoms with E-state index in [1.807, 2.05) is 0 Å². The fourth-order valence-electron chi connectivity index (χ4n) is 2.71. The average molecular weight is 418 g/mol. The average Bonchev–Trinajstić information content (AvgIpc) is 3.08. The van der Waals surface area contributed by atoms with Crippen LogP contribution in [0.2, 0.25) is 0 Å². The van der Waals surface area contributed by atoms with Crippen molar-refractivity contribution in [3.63, 3.8) is 0 Å². The van der Waals surface area contributed by atoms with Gasteiger partial charge in [-0.2, -0.15) is 5.10 Å². The number of hydrogen-bond donors (Lipinski definition) is 2. The van der Waals surface area contributed by atoms with E-state index in [0.29, 0.717) is 11.4 Å². The number of nitrogens with zero attached hydrogens (tertiary/aromatic N) is 3. The highest BCUT2D eigenvalue weighted by atomic mass is 32.2. The SMILES string of the molecule is Cc1ccc(F)c(-n2nc(CCNC(=O)O)cc2S(=O)(=O)c2ccc(C)nc2)c1. The third-order valence-corrected chi connectivity index (χ3v) is 5.89. The van der Waals surface area contributed by atoms with Gasteiger partial charge in [-0.1, -0.05) is 6.07 Å². The van der Waals surface area contributed by atoms with Crippen LogP contribution in [0.3, 0.4) is 0 Å². The molecule has 0 atom stereocenters. The molecule has 10 heteroatoms. The molecule has 0 bridgehead atoms. The number of halogens is 1. The van der Waals surface area contributed by atoms with E-state index in [1.54, 1.807) is 26.0 Å². The van der Waals surface area contributed by atoms with Gasteiger partial charge in [0.2, 0.25) is 9.84 Å². The fraction of sp³-hybridized carbons (Fsp3) is 0.211. The van der Waals surface area contributed by atoms with E-state index >= 15 is 0 Å². The lowest BCUT2D eigenvalue weighted by molar-refractivity contribution is 0.194. The number of hydrogen-bond acceptors (Lipinski definition) is 5. The molecule has 1 aromatic carbocycles. The van der Waals surface area contributed by atoms with E-state index in [9.17, 15) is 17.6 Å². The van der Waals surface area contributed by atoms with Gasteiger partial charge >= 0.3 is 6.09 Å². The summed E-state index contributed by atoms with van der Waals surface area (Å²) in [5, 5.41) is 14.9. The van der Waals surface area contributed by atoms with Gasteiger partial charge in [-0.25, -0.2) is 22.3 Å². The van der Waals surface area contributed by atoms with Crippen molar-refractivity contribution in [3.8, 4) is 5.69 Å². The Hall–Kier alpha value is -3.27. The number of benzene rings is 1. The monoisotopic (exact) mass is 418 g/mol. The molecule has 0 spiro atoms. The molecule has 0 unspecified atom stereocenters. The maximum Gasteiger partial charge on any atom is 0.404 e. The van der Waals surface area contributed by atoms with Crippen molar-refractivity contribution in [2.45, 2.75) is 30.2 Å². The van der Waals surface area contributed by atoms with Crippen molar-refractivity contribution >= 4 is 15.9 Å². The quantitative estimate of drug-likeness (QED) is 0.636. The fourth-order valence-corrected chi connectivity index (χ4v) is 4.05. The maximum absolute atomic E-state index is 14.5. The van der Waals surface area contributed by atoms with Crippen molar-refractivity contribution in [2.75, 3.05) is 6.54 Å². The first-order valence-corrected chi connectivity index (χ1v) is 10.2. The summed E-state index contributed by atoms with van der Waals surface area (Å²) in [6, 6.07) is 8.61. The van der Waals surface area contributed by atoms with Crippen molar-refractivity contribution in [2.24, 2.45) is 0 Å². The van der Waals surface area contributed by atoms with Gasteiger partial charge in [-0.3, -0.25) is 4.98 Å². The Bertz CT molecular complexity index is 1160. The number of sulfone groups is 1. The third-order valence-electron chi connectivity index (χ3n) is 4.18. The number of carbonyl (C=O) groups is 1. The number of rotatable bonds is 6. The Balaban J connectivity index is 2.13. The van der Waals surface area contributed by atoms with Crippen LogP contribution in [-0.2, 0) is 16.3 Å². The summed E-state index contributed by atoms with van der Waals surface area (Å²) in [5.74, 6) is -0.632. The molecular weight excluding hydrogens is 399 g/mol. The van der Waals surface area contributed by atoms with Crippen LogP contribution in [-0.4, -0.2) is 40.9 Å². The zero-order valence-electron chi connectivity index (χ0n) is 15.8. The Morgan fingerprint density at radius 2 is 1.97 bits per heavy atom. The summed E-state index contributed by atoms with van der Waals surface area (Å²) in [4.78, 5) is 14.6. The number of aryl methyl sites for hydroxylation is 2. The first kappa shape index (κ1) is 20.5. The van der Waals surface area contributed by atoms with Crippen LogP contribution in [0.4, 0.5) is 9.18 Å². The lowest BCUT2D eigenvalue weighted by Gasteiger charge is -2.10. The normalized spacial score (nSPS) is 11.4. The summed E-state index contributed by atoms with van der Waals surface area (Å²) in [6.45, 7) is 3.52. The van der Waals surface area contributed by atoms with Crippen LogP contribution in [0.15, 0.2) is 52.5 Å². The van der Waals surface area contributed by atoms with Gasteiger partial charge in [0.1, 0.15) is 11.5 Å². The molecule has 0 aliphatic heterocycles. The van der Waals surface area contributed by atoms with Gasteiger partial charge in [0.15, 0.2) is 5.03 Å². The third kappa shape index (κ3) is 4.43. The molecule has 2 aromatic heterocycles. The Kier molecular flexibility index (Phi) is 5.64. The van der Waals surface area contributed by atoms with Crippen LogP contribution in [0.25, 0.3) is 5.69 Å². The van der Waals surface area contributed by atoms with Gasteiger partial charge < -0.3 is 10.4 Å². The van der Waals surface area contributed by atoms with Crippen molar-refractivity contribution < 1.29 is 22.7 Å². The van der Waals surface area contributed by atoms with E-state index in [1.165, 1.54) is 30.5 Å². The lowest BCUT2D eigenvalue weighted by Crippen LogP contribution is -2.23. The van der Waals surface area contributed by atoms with Crippen LogP contribution in [0.1, 0.15) is 17.0 Å². The van der Waals surface area contributed by atoms with Crippen molar-refractivity contribution in [1.82, 2.24) is 20.1 Å². The predicted molar refractivity (Wildman–Crippen MR) is 102 cm³/mol. The van der Waals surface area contributed by atoms with Gasteiger partial charge in [0.25, 0.3) is 0 Å². The molecule has 0 saturated carbocycles. The molecule has 0 saturated heterocycles. The Morgan fingerprint density at radius 3 is 2.62 bits per heavy atom. The summed E-state index contributed by atoms with van der Waals surface area (Å²) < 4.78 is 41.9. The minimum Gasteiger partial charge on any atom is -0.465 e. The molecule has 1 amide bonds. The maximum atomic E-state index is 14.5. The minimum absolute atomic E-state index is 0.0129. The zero-order chi connectivity index (χ0) is 21.2. The zero-order valence-corrected chi connectivity index (χ0v) is 16.6. The lowest BCUT2D eigenvalue weighted by atomic mass is 10.2. The number of aromatic nitrogens is 3. The molecule has 0 aliphatic carbocycles. The highest BCUT2D eigenvalue weighted by molar-refractivity contribution is 7.91. The van der Waals surface area contributed by atoms with Crippen LogP contribution < -0.4 is 5.32 Å². The number of nitrogens with one attached hydrogen (secondary N) is 1. The number of pyridine rings is 1. The summed E-state index contributed by atoms with van der Waals surface area (Å²) in [5.41, 5.74) is 1.67. The first-order chi connectivity index (χ1) is 13.7. The van der Waals surface area contributed by atoms with Gasteiger partial charge in [0.05, 0.1) is 10.6 Å². The topological polar surface area (TPSA) is 114 Å². The van der Waals surface area contributed by atoms with E-state index in [2.05, 4.69) is 15.4 Å². The summed E-state index contributed by atoms with van der Waals surface area (Å²) >= 11 is 0. The van der Waals surface area contributed by atoms with Crippen molar-refractivity contribution in [1.29, 1.82) is 0 Å². The highest BCUT2D eigenvalue weighted by Gasteiger charge is 2.26. The number of carboxylic acid groups (broad SMARTS) is 1. The van der Waals surface area contributed by atoms with Crippen LogP contribution in [0, 0.1) is 19.7 Å². The van der Waals surface area contributed by atoms with E-state index in [4.69, 9.17) is 5.11 Å². The second kappa shape index (κ2) is 8.00. The largest absolute Gasteiger partial charge is 0.465 e. The molecular formula is C19H19FN4O4S. The molecule has 0 aliphatic rings. The molecule has 29 heavy (non-hydrogen) atoms. The predicted octanol–water partition coefficient (Wildman–Crippen LogP) is 2.67. The van der Waals surface area contributed by atoms with Crippen LogP contribution >= 0.6 is 0 Å². The molecule has 3 aromatic rings. The molecule has 0 radical (unpaired) electrons. The second-order valence-corrected chi connectivity index (χ2v) is 8.36. The summed E-state index contributed by atoms with van der Waals surface area (Å²) in [7, 11) is -4.05. The van der Waals surface area contributed by atoms with Crippen LogP contribution in [0.5, 0.6) is 0 Å². The van der Waals surface area contributed by atoms with E-state index in [0.717, 1.165) is 10.2 Å². The summed E-state index contributed by atoms with van der Waals surface area (Å²) in [6.07, 6.45) is 0.175. The van der Waals surface area contributed by atoms with Crippen molar-refractivity contribution in [3.05, 3.63) is 65.4 Å². The Labute approximate surface area is 166 Å². The van der Waals surface area contributed by atoms with Gasteiger partial charge in [-0.15, -0.1) is 0 Å². The van der Waals surface area contributed by atoms with Gasteiger partial charge in [0, 0.05) is 24.9 Å². The van der Waals surface area contributed by atoms with Gasteiger partial charge in [-0.05, 0) is 49.7 Å². The van der Waals surface area contributed by atoms with E-state index < -0.39 is 21.7 Å². The first-order valence-electron chi connectivity index (χ1n) is 8.68. The second-order valence-electron chi connectivity index (χ2n) is 6.46. The molecule has 2 N–H and O–H groups in total. The van der Waals surface area contributed by atoms with E-state index in [-0.39, 0.29) is 28.6 Å². The number of amides is 1. The minimum atomic E-state index is -4.05. The molecule has 152 valence electrons. The smallest absolute Gasteiger partial charge is 0.404 e. The molecule has 8 nitrogen and oxygen atoms in total. The molecule has 2 heterocycles. The molecule has 3 rings (SSSR count). The highest BCUT2D eigenvalue weighted by Crippen LogP contribution is 2.26. The Morgan fingerprint density at radius 1 is 1.21 bits per heavy atom.